The fourth-order valence-corrected chi connectivity index (χ4v) is 0.178. The van der Waals surface area contributed by atoms with Crippen LogP contribution in [0.5, 0.6) is 0 Å². The summed E-state index contributed by atoms with van der Waals surface area (Å²) in [4.78, 5) is 4.34. The number of hydrogen-bond donors (Lipinski definition) is 0. The Kier molecular flexibility index (Phi) is 3.81. The zero-order valence-corrected chi connectivity index (χ0v) is 4.96. The third kappa shape index (κ3) is 4.30. The third-order valence-corrected chi connectivity index (χ3v) is 0.492. The lowest BCUT2D eigenvalue weighted by Gasteiger charge is -1.86. The summed E-state index contributed by atoms with van der Waals surface area (Å²) < 4.78 is 0. The van der Waals surface area contributed by atoms with Crippen molar-refractivity contribution in [3.05, 3.63) is 0 Å². The summed E-state index contributed by atoms with van der Waals surface area (Å²) in [5.41, 5.74) is 0.213. The smallest absolute Gasteiger partial charge is 0.202 e. The van der Waals surface area contributed by atoms with E-state index < -0.39 is 0 Å². The topological polar surface area (TPSA) is 69.2 Å². The normalized spacial score (nSPS) is 9.44. The monoisotopic (exact) mass is 123 g/mol. The van der Waals surface area contributed by atoms with E-state index in [1.807, 2.05) is 0 Å². The van der Waals surface area contributed by atoms with Gasteiger partial charge in [0.15, 0.2) is 5.71 Å². The number of oxime groups is 1. The van der Waals surface area contributed by atoms with Crippen molar-refractivity contribution < 1.29 is 4.84 Å². The summed E-state index contributed by atoms with van der Waals surface area (Å²) in [6.07, 6.45) is 0. The van der Waals surface area contributed by atoms with Crippen LogP contribution in [0.25, 0.3) is 0 Å². The average molecular weight is 123 g/mol. The molecule has 0 unspecified atom stereocenters. The predicted octanol–water partition coefficient (Wildman–Crippen LogP) is 0.426. The van der Waals surface area contributed by atoms with E-state index in [1.54, 1.807) is 12.1 Å². The molecule has 0 aliphatic carbocycles. The van der Waals surface area contributed by atoms with E-state index in [2.05, 4.69) is 9.99 Å². The van der Waals surface area contributed by atoms with Crippen LogP contribution < -0.4 is 0 Å². The van der Waals surface area contributed by atoms with Crippen LogP contribution in [0.1, 0.15) is 6.92 Å². The number of rotatable bonds is 2. The summed E-state index contributed by atoms with van der Waals surface area (Å²) in [6.45, 7) is 1.39. The summed E-state index contributed by atoms with van der Waals surface area (Å²) in [7, 11) is 0. The Bertz CT molecular complexity index is 183. The van der Waals surface area contributed by atoms with Gasteiger partial charge >= 0.3 is 0 Å². The fraction of sp³-hybridized carbons (Fsp3) is 0.400. The van der Waals surface area contributed by atoms with Crippen molar-refractivity contribution in [2.45, 2.75) is 6.92 Å². The van der Waals surface area contributed by atoms with E-state index in [1.165, 1.54) is 6.92 Å². The lowest BCUT2D eigenvalue weighted by molar-refractivity contribution is 0.179. The van der Waals surface area contributed by atoms with Crippen LogP contribution in [0, 0.1) is 22.7 Å². The highest BCUT2D eigenvalue weighted by atomic mass is 16.6. The van der Waals surface area contributed by atoms with Gasteiger partial charge in [0.1, 0.15) is 12.1 Å². The van der Waals surface area contributed by atoms with Crippen LogP contribution in [0.3, 0.4) is 0 Å². The summed E-state index contributed by atoms with van der Waals surface area (Å²) in [5.74, 6) is 0. The van der Waals surface area contributed by atoms with E-state index in [0.29, 0.717) is 0 Å². The van der Waals surface area contributed by atoms with Crippen LogP contribution >= 0.6 is 0 Å². The molecule has 9 heavy (non-hydrogen) atoms. The standard InChI is InChI=1S/C5H5N3O/c1-5(4-7)8-9-3-2-6/h3H2,1H3. The minimum Gasteiger partial charge on any atom is -0.380 e. The van der Waals surface area contributed by atoms with Crippen molar-refractivity contribution in [2.75, 3.05) is 6.61 Å². The van der Waals surface area contributed by atoms with Crippen LogP contribution in [0.15, 0.2) is 5.16 Å². The van der Waals surface area contributed by atoms with Gasteiger partial charge in [0.2, 0.25) is 6.61 Å². The predicted molar refractivity (Wildman–Crippen MR) is 30.3 cm³/mol. The number of nitrogens with zero attached hydrogens (tertiary/aromatic N) is 3. The molecule has 0 fully saturated rings. The Balaban J connectivity index is 3.50. The van der Waals surface area contributed by atoms with Gasteiger partial charge in [-0.1, -0.05) is 5.16 Å². The first-order chi connectivity index (χ1) is 4.31. The molecule has 4 nitrogen and oxygen atoms in total. The van der Waals surface area contributed by atoms with Crippen molar-refractivity contribution in [3.8, 4) is 12.1 Å². The molecule has 0 amide bonds. The Hall–Kier alpha value is -1.55. The second-order valence-electron chi connectivity index (χ2n) is 1.22. The molecular weight excluding hydrogens is 118 g/mol. The maximum atomic E-state index is 8.09. The molecule has 0 aromatic rings. The van der Waals surface area contributed by atoms with E-state index >= 15 is 0 Å². The summed E-state index contributed by atoms with van der Waals surface area (Å²) in [5, 5.41) is 19.3. The molecule has 0 bridgehead atoms. The van der Waals surface area contributed by atoms with Gasteiger partial charge in [-0.2, -0.15) is 10.5 Å². The van der Waals surface area contributed by atoms with Gasteiger partial charge < -0.3 is 4.84 Å². The largest absolute Gasteiger partial charge is 0.380 e. The minimum atomic E-state index is -0.112. The fourth-order valence-electron chi connectivity index (χ4n) is 0.178. The molecule has 0 spiro atoms. The van der Waals surface area contributed by atoms with Gasteiger partial charge in [0.05, 0.1) is 0 Å². The van der Waals surface area contributed by atoms with Crippen LogP contribution in [0.2, 0.25) is 0 Å². The molecule has 0 radical (unpaired) electrons. The van der Waals surface area contributed by atoms with Crippen molar-refractivity contribution >= 4 is 5.71 Å². The van der Waals surface area contributed by atoms with Gasteiger partial charge in [-0.05, 0) is 6.92 Å². The molecule has 0 saturated heterocycles. The van der Waals surface area contributed by atoms with Crippen LogP contribution in [0.4, 0.5) is 0 Å². The third-order valence-electron chi connectivity index (χ3n) is 0.492. The average Bonchev–Trinajstić information content (AvgIpc) is 1.89. The highest BCUT2D eigenvalue weighted by Gasteiger charge is 1.83. The minimum absolute atomic E-state index is 0.112. The molecule has 0 rings (SSSR count). The van der Waals surface area contributed by atoms with Gasteiger partial charge in [0, 0.05) is 0 Å². The molecule has 0 aromatic carbocycles. The second kappa shape index (κ2) is 4.61. The van der Waals surface area contributed by atoms with Crippen molar-refractivity contribution in [2.24, 2.45) is 5.16 Å². The zero-order chi connectivity index (χ0) is 7.11. The van der Waals surface area contributed by atoms with Crippen LogP contribution in [-0.2, 0) is 4.84 Å². The molecule has 0 aliphatic rings. The molecule has 0 N–H and O–H groups in total. The first kappa shape index (κ1) is 7.45. The Morgan fingerprint density at radius 3 is 2.78 bits per heavy atom. The number of nitriles is 2. The van der Waals surface area contributed by atoms with Crippen molar-refractivity contribution in [3.63, 3.8) is 0 Å². The Morgan fingerprint density at radius 1 is 1.67 bits per heavy atom. The lowest BCUT2D eigenvalue weighted by atomic mass is 10.5. The van der Waals surface area contributed by atoms with Gasteiger partial charge in [-0.15, -0.1) is 0 Å². The Labute approximate surface area is 52.9 Å². The number of hydrogen-bond acceptors (Lipinski definition) is 4. The molecule has 0 atom stereocenters. The summed E-state index contributed by atoms with van der Waals surface area (Å²) >= 11 is 0. The van der Waals surface area contributed by atoms with Crippen molar-refractivity contribution in [1.82, 2.24) is 0 Å². The molecule has 0 aromatic heterocycles. The van der Waals surface area contributed by atoms with Gasteiger partial charge in [0.25, 0.3) is 0 Å². The SMILES string of the molecule is CC(C#N)=NOCC#N. The van der Waals surface area contributed by atoms with E-state index in [-0.39, 0.29) is 12.3 Å². The highest BCUT2D eigenvalue weighted by Crippen LogP contribution is 1.76. The maximum absolute atomic E-state index is 8.09. The molecular formula is C5H5N3O. The highest BCUT2D eigenvalue weighted by molar-refractivity contribution is 5.95. The molecule has 0 saturated carbocycles. The maximum Gasteiger partial charge on any atom is 0.202 e. The lowest BCUT2D eigenvalue weighted by Crippen LogP contribution is -1.88. The zero-order valence-electron chi connectivity index (χ0n) is 4.96. The molecule has 0 aliphatic heterocycles. The molecule has 0 heterocycles. The Morgan fingerprint density at radius 2 is 2.33 bits per heavy atom. The second-order valence-corrected chi connectivity index (χ2v) is 1.22. The van der Waals surface area contributed by atoms with Gasteiger partial charge in [-0.25, -0.2) is 0 Å². The van der Waals surface area contributed by atoms with E-state index in [0.717, 1.165) is 0 Å². The molecule has 4 heteroatoms. The van der Waals surface area contributed by atoms with Crippen molar-refractivity contribution in [1.29, 1.82) is 10.5 Å². The van der Waals surface area contributed by atoms with E-state index in [4.69, 9.17) is 10.5 Å². The first-order valence-electron chi connectivity index (χ1n) is 2.25. The first-order valence-corrected chi connectivity index (χ1v) is 2.25. The van der Waals surface area contributed by atoms with Crippen LogP contribution in [-0.4, -0.2) is 12.3 Å². The summed E-state index contributed by atoms with van der Waals surface area (Å²) in [6, 6.07) is 3.45. The quantitative estimate of drug-likeness (QED) is 0.303. The van der Waals surface area contributed by atoms with Gasteiger partial charge in [-0.3, -0.25) is 0 Å². The van der Waals surface area contributed by atoms with E-state index in [9.17, 15) is 0 Å². The molecule has 46 valence electrons.